The number of likely N-dealkylation sites (tertiary alicyclic amines) is 1. The van der Waals surface area contributed by atoms with E-state index >= 15 is 0 Å². The normalized spacial score (nSPS) is 25.6. The van der Waals surface area contributed by atoms with Gasteiger partial charge in [-0.3, -0.25) is 9.69 Å². The van der Waals surface area contributed by atoms with Gasteiger partial charge >= 0.3 is 5.97 Å². The molecule has 7 heteroatoms. The molecule has 1 aromatic carbocycles. The van der Waals surface area contributed by atoms with Crippen molar-refractivity contribution >= 4 is 5.97 Å². The van der Waals surface area contributed by atoms with Gasteiger partial charge in [0, 0.05) is 42.9 Å². The summed E-state index contributed by atoms with van der Waals surface area (Å²) in [5.41, 5.74) is 2.40. The number of fused-ring (bicyclic) bond motifs is 5. The summed E-state index contributed by atoms with van der Waals surface area (Å²) in [7, 11) is 3.08. The predicted octanol–water partition coefficient (Wildman–Crippen LogP) is 2.15. The Hall–Kier alpha value is -2.80. The van der Waals surface area contributed by atoms with Gasteiger partial charge in [0.1, 0.15) is 5.56 Å². The third kappa shape index (κ3) is 2.46. The number of carbonyl (C=O) groups is 1. The Labute approximate surface area is 162 Å². The van der Waals surface area contributed by atoms with Crippen LogP contribution in [0, 0.1) is 5.92 Å². The molecule has 0 spiro atoms. The third-order valence-corrected chi connectivity index (χ3v) is 6.11. The number of benzene rings is 1. The number of rotatable bonds is 3. The molecule has 0 radical (unpaired) electrons. The monoisotopic (exact) mass is 382 g/mol. The molecule has 3 atom stereocenters. The number of hydrogen-bond acceptors (Lipinski definition) is 6. The molecule has 0 N–H and O–H groups in total. The lowest BCUT2D eigenvalue weighted by Crippen LogP contribution is -2.48. The van der Waals surface area contributed by atoms with Crippen molar-refractivity contribution in [2.75, 3.05) is 27.3 Å². The minimum absolute atomic E-state index is 0.0649. The average Bonchev–Trinajstić information content (AvgIpc) is 3.05. The van der Waals surface area contributed by atoms with Crippen LogP contribution in [0.15, 0.2) is 35.1 Å². The average molecular weight is 382 g/mol. The van der Waals surface area contributed by atoms with Crippen LogP contribution >= 0.6 is 0 Å². The van der Waals surface area contributed by atoms with E-state index in [1.165, 1.54) is 7.11 Å². The smallest absolute Gasteiger partial charge is 0.344 e. The van der Waals surface area contributed by atoms with E-state index in [0.29, 0.717) is 29.5 Å². The van der Waals surface area contributed by atoms with Gasteiger partial charge in [-0.2, -0.15) is 0 Å². The zero-order valence-electron chi connectivity index (χ0n) is 15.9. The second-order valence-electron chi connectivity index (χ2n) is 7.68. The van der Waals surface area contributed by atoms with Crippen LogP contribution in [0.5, 0.6) is 11.5 Å². The second-order valence-corrected chi connectivity index (χ2v) is 7.68. The van der Waals surface area contributed by atoms with Crippen LogP contribution < -0.4 is 15.0 Å². The standard InChI is InChI=1S/C21H22N2O5/c1-26-16-7-6-14-18(19(16)27-2)21(25)28-20(14)22-9-12-8-13(11-22)15-4-3-5-17(24)23(15)10-12/h3-7,12-13,20H,8-11H2,1-2H3. The molecular weight excluding hydrogens is 360 g/mol. The molecule has 4 heterocycles. The summed E-state index contributed by atoms with van der Waals surface area (Å²) < 4.78 is 18.4. The van der Waals surface area contributed by atoms with E-state index < -0.39 is 6.23 Å². The topological polar surface area (TPSA) is 70.0 Å². The zero-order valence-corrected chi connectivity index (χ0v) is 15.9. The van der Waals surface area contributed by atoms with Crippen molar-refractivity contribution in [2.24, 2.45) is 5.92 Å². The number of pyridine rings is 1. The minimum Gasteiger partial charge on any atom is -0.493 e. The van der Waals surface area contributed by atoms with Crippen molar-refractivity contribution in [3.8, 4) is 11.5 Å². The molecule has 3 unspecified atom stereocenters. The van der Waals surface area contributed by atoms with Crippen molar-refractivity contribution < 1.29 is 19.0 Å². The number of aromatic nitrogens is 1. The lowest BCUT2D eigenvalue weighted by atomic mass is 9.83. The summed E-state index contributed by atoms with van der Waals surface area (Å²) in [5.74, 6) is 1.16. The number of cyclic esters (lactones) is 1. The van der Waals surface area contributed by atoms with Crippen LogP contribution in [0.1, 0.15) is 40.2 Å². The van der Waals surface area contributed by atoms with Crippen molar-refractivity contribution in [3.63, 3.8) is 0 Å². The Kier molecular flexibility index (Phi) is 3.94. The zero-order chi connectivity index (χ0) is 19.4. The quantitative estimate of drug-likeness (QED) is 0.758. The first kappa shape index (κ1) is 17.3. The van der Waals surface area contributed by atoms with Gasteiger partial charge < -0.3 is 18.8 Å². The Balaban J connectivity index is 1.50. The number of carbonyl (C=O) groups excluding carboxylic acids is 1. The SMILES string of the molecule is COc1ccc2c(c1OC)C(=O)OC2N1CC2CC(C1)c1cccc(=O)n1C2. The lowest BCUT2D eigenvalue weighted by Gasteiger charge is -2.44. The molecule has 1 saturated heterocycles. The fourth-order valence-corrected chi connectivity index (χ4v) is 4.98. The largest absolute Gasteiger partial charge is 0.493 e. The third-order valence-electron chi connectivity index (χ3n) is 6.11. The van der Waals surface area contributed by atoms with Crippen LogP contribution in [0.4, 0.5) is 0 Å². The van der Waals surface area contributed by atoms with E-state index in [0.717, 1.165) is 30.8 Å². The lowest BCUT2D eigenvalue weighted by molar-refractivity contribution is -0.0490. The van der Waals surface area contributed by atoms with Crippen molar-refractivity contribution in [3.05, 3.63) is 57.5 Å². The van der Waals surface area contributed by atoms with Gasteiger partial charge in [0.15, 0.2) is 17.7 Å². The first-order chi connectivity index (χ1) is 13.6. The number of ether oxygens (including phenoxy) is 3. The molecule has 0 saturated carbocycles. The van der Waals surface area contributed by atoms with E-state index in [1.807, 2.05) is 28.8 Å². The maximum atomic E-state index is 12.6. The van der Waals surface area contributed by atoms with Crippen LogP contribution in [0.2, 0.25) is 0 Å². The molecule has 0 amide bonds. The Morgan fingerprint density at radius 3 is 2.68 bits per heavy atom. The highest BCUT2D eigenvalue weighted by molar-refractivity contribution is 5.98. The summed E-state index contributed by atoms with van der Waals surface area (Å²) in [5, 5.41) is 0. The molecule has 3 aliphatic heterocycles. The van der Waals surface area contributed by atoms with Gasteiger partial charge in [-0.1, -0.05) is 6.07 Å². The molecule has 5 rings (SSSR count). The van der Waals surface area contributed by atoms with Crippen LogP contribution in [0.3, 0.4) is 0 Å². The highest BCUT2D eigenvalue weighted by Crippen LogP contribution is 2.46. The maximum Gasteiger partial charge on any atom is 0.344 e. The molecule has 7 nitrogen and oxygen atoms in total. The van der Waals surface area contributed by atoms with E-state index in [-0.39, 0.29) is 17.4 Å². The first-order valence-electron chi connectivity index (χ1n) is 9.50. The Morgan fingerprint density at radius 1 is 1.04 bits per heavy atom. The molecule has 1 aromatic heterocycles. The number of hydrogen-bond donors (Lipinski definition) is 0. The highest BCUT2D eigenvalue weighted by Gasteiger charge is 2.43. The molecule has 2 aromatic rings. The Morgan fingerprint density at radius 2 is 1.89 bits per heavy atom. The fraction of sp³-hybridized carbons (Fsp3) is 0.429. The number of methoxy groups -OCH3 is 2. The summed E-state index contributed by atoms with van der Waals surface area (Å²) in [6, 6.07) is 9.18. The van der Waals surface area contributed by atoms with Gasteiger partial charge in [0.2, 0.25) is 0 Å². The fourth-order valence-electron chi connectivity index (χ4n) is 4.98. The Bertz CT molecular complexity index is 1010. The number of esters is 1. The van der Waals surface area contributed by atoms with E-state index in [2.05, 4.69) is 4.90 Å². The van der Waals surface area contributed by atoms with Gasteiger partial charge in [0.25, 0.3) is 5.56 Å². The van der Waals surface area contributed by atoms with Crippen LogP contribution in [-0.2, 0) is 11.3 Å². The van der Waals surface area contributed by atoms with Crippen LogP contribution in [0.25, 0.3) is 0 Å². The summed E-state index contributed by atoms with van der Waals surface area (Å²) in [6.45, 7) is 2.23. The van der Waals surface area contributed by atoms with E-state index in [9.17, 15) is 9.59 Å². The molecular formula is C21H22N2O5. The minimum atomic E-state index is -0.436. The first-order valence-corrected chi connectivity index (χ1v) is 9.50. The molecule has 3 aliphatic rings. The molecule has 0 aliphatic carbocycles. The highest BCUT2D eigenvalue weighted by atomic mass is 16.6. The van der Waals surface area contributed by atoms with E-state index in [4.69, 9.17) is 14.2 Å². The summed E-state index contributed by atoms with van der Waals surface area (Å²) in [4.78, 5) is 27.1. The van der Waals surface area contributed by atoms with Gasteiger partial charge in [-0.15, -0.1) is 0 Å². The van der Waals surface area contributed by atoms with Crippen LogP contribution in [-0.4, -0.2) is 42.7 Å². The number of nitrogens with zero attached hydrogens (tertiary/aromatic N) is 2. The van der Waals surface area contributed by atoms with Gasteiger partial charge in [-0.05, 0) is 30.5 Å². The van der Waals surface area contributed by atoms with Gasteiger partial charge in [0.05, 0.1) is 14.2 Å². The summed E-state index contributed by atoms with van der Waals surface area (Å²) in [6.07, 6.45) is 0.619. The predicted molar refractivity (Wildman–Crippen MR) is 101 cm³/mol. The van der Waals surface area contributed by atoms with Crippen molar-refractivity contribution in [1.82, 2.24) is 9.47 Å². The molecule has 1 fully saturated rings. The molecule has 28 heavy (non-hydrogen) atoms. The molecule has 146 valence electrons. The van der Waals surface area contributed by atoms with Crippen molar-refractivity contribution in [2.45, 2.75) is 25.1 Å². The second kappa shape index (κ2) is 6.38. The maximum absolute atomic E-state index is 12.6. The molecule has 2 bridgehead atoms. The number of piperidine rings is 1. The van der Waals surface area contributed by atoms with E-state index in [1.54, 1.807) is 13.2 Å². The van der Waals surface area contributed by atoms with Gasteiger partial charge in [-0.25, -0.2) is 4.79 Å². The summed E-state index contributed by atoms with van der Waals surface area (Å²) >= 11 is 0. The van der Waals surface area contributed by atoms with Crippen molar-refractivity contribution in [1.29, 1.82) is 0 Å².